The Balaban J connectivity index is 1.68. The van der Waals surface area contributed by atoms with E-state index in [9.17, 15) is 9.59 Å². The quantitative estimate of drug-likeness (QED) is 0.861. The molecule has 2 heterocycles. The second-order valence-corrected chi connectivity index (χ2v) is 4.66. The van der Waals surface area contributed by atoms with E-state index in [1.54, 1.807) is 11.2 Å². The second kappa shape index (κ2) is 6.26. The van der Waals surface area contributed by atoms with E-state index in [1.165, 1.54) is 0 Å². The lowest BCUT2D eigenvalue weighted by molar-refractivity contribution is -0.143. The summed E-state index contributed by atoms with van der Waals surface area (Å²) in [5, 5.41) is 11.7. The Morgan fingerprint density at radius 2 is 2.16 bits per heavy atom. The summed E-state index contributed by atoms with van der Waals surface area (Å²) in [6.45, 7) is 1.53. The van der Waals surface area contributed by atoms with Crippen LogP contribution in [-0.2, 0) is 11.2 Å². The first-order chi connectivity index (χ1) is 9.16. The number of amides is 2. The van der Waals surface area contributed by atoms with E-state index in [0.717, 1.165) is 5.76 Å². The molecule has 2 N–H and O–H groups in total. The lowest BCUT2D eigenvalue weighted by atomic mass is 9.97. The molecular weight excluding hydrogens is 248 g/mol. The number of carboxylic acid groups (broad SMARTS) is 1. The van der Waals surface area contributed by atoms with Crippen molar-refractivity contribution in [2.24, 2.45) is 5.92 Å². The summed E-state index contributed by atoms with van der Waals surface area (Å²) >= 11 is 0. The standard InChI is InChI=1S/C13H18N2O4/c16-12(17)10-4-7-15(8-5-10)13(18)14-6-3-11-2-1-9-19-11/h1-2,9-10H,3-8H2,(H,14,18)(H,16,17). The number of urea groups is 1. The summed E-state index contributed by atoms with van der Waals surface area (Å²) in [7, 11) is 0. The molecule has 6 heteroatoms. The molecule has 0 unspecified atom stereocenters. The fourth-order valence-electron chi connectivity index (χ4n) is 2.19. The van der Waals surface area contributed by atoms with E-state index in [-0.39, 0.29) is 11.9 Å². The van der Waals surface area contributed by atoms with Crippen LogP contribution in [0.15, 0.2) is 22.8 Å². The van der Waals surface area contributed by atoms with Gasteiger partial charge in [0.05, 0.1) is 12.2 Å². The summed E-state index contributed by atoms with van der Waals surface area (Å²) in [6, 6.07) is 3.55. The van der Waals surface area contributed by atoms with Crippen molar-refractivity contribution in [1.29, 1.82) is 0 Å². The van der Waals surface area contributed by atoms with Crippen LogP contribution in [0.25, 0.3) is 0 Å². The van der Waals surface area contributed by atoms with Crippen molar-refractivity contribution in [3.05, 3.63) is 24.2 Å². The number of aliphatic carboxylic acids is 1. The van der Waals surface area contributed by atoms with E-state index in [2.05, 4.69) is 5.32 Å². The maximum absolute atomic E-state index is 11.8. The molecule has 0 atom stereocenters. The van der Waals surface area contributed by atoms with Gasteiger partial charge in [0.15, 0.2) is 0 Å². The smallest absolute Gasteiger partial charge is 0.317 e. The number of furan rings is 1. The van der Waals surface area contributed by atoms with Gasteiger partial charge in [-0.05, 0) is 25.0 Å². The summed E-state index contributed by atoms with van der Waals surface area (Å²) in [5.74, 6) is -0.241. The van der Waals surface area contributed by atoms with Crippen molar-refractivity contribution < 1.29 is 19.1 Å². The zero-order valence-electron chi connectivity index (χ0n) is 10.7. The topological polar surface area (TPSA) is 82.8 Å². The first-order valence-electron chi connectivity index (χ1n) is 6.45. The maximum Gasteiger partial charge on any atom is 0.317 e. The van der Waals surface area contributed by atoms with Crippen LogP contribution >= 0.6 is 0 Å². The molecule has 0 saturated carbocycles. The Morgan fingerprint density at radius 3 is 2.74 bits per heavy atom. The number of carbonyl (C=O) groups is 2. The SMILES string of the molecule is O=C(O)C1CCN(C(=O)NCCc2ccco2)CC1. The molecule has 1 aromatic heterocycles. The number of nitrogens with zero attached hydrogens (tertiary/aromatic N) is 1. The monoisotopic (exact) mass is 266 g/mol. The molecule has 104 valence electrons. The molecule has 1 aromatic rings. The Hall–Kier alpha value is -1.98. The lowest BCUT2D eigenvalue weighted by Crippen LogP contribution is -2.45. The van der Waals surface area contributed by atoms with Gasteiger partial charge in [-0.1, -0.05) is 0 Å². The third-order valence-corrected chi connectivity index (χ3v) is 3.36. The van der Waals surface area contributed by atoms with Gasteiger partial charge < -0.3 is 19.7 Å². The Bertz CT molecular complexity index is 422. The van der Waals surface area contributed by atoms with Crippen LogP contribution in [0.3, 0.4) is 0 Å². The molecule has 1 aliphatic rings. The van der Waals surface area contributed by atoms with Crippen LogP contribution in [-0.4, -0.2) is 41.6 Å². The fourth-order valence-corrected chi connectivity index (χ4v) is 2.19. The van der Waals surface area contributed by atoms with Gasteiger partial charge in [0.25, 0.3) is 0 Å². The summed E-state index contributed by atoms with van der Waals surface area (Å²) in [5.41, 5.74) is 0. The molecule has 1 saturated heterocycles. The highest BCUT2D eigenvalue weighted by Gasteiger charge is 2.26. The molecule has 1 fully saturated rings. The van der Waals surface area contributed by atoms with Gasteiger partial charge in [-0.25, -0.2) is 4.79 Å². The fraction of sp³-hybridized carbons (Fsp3) is 0.538. The van der Waals surface area contributed by atoms with Gasteiger partial charge >= 0.3 is 12.0 Å². The molecule has 19 heavy (non-hydrogen) atoms. The number of likely N-dealkylation sites (tertiary alicyclic amines) is 1. The number of carbonyl (C=O) groups excluding carboxylic acids is 1. The molecule has 1 aliphatic heterocycles. The highest BCUT2D eigenvalue weighted by molar-refractivity contribution is 5.75. The van der Waals surface area contributed by atoms with Gasteiger partial charge in [-0.15, -0.1) is 0 Å². The van der Waals surface area contributed by atoms with E-state index in [4.69, 9.17) is 9.52 Å². The molecule has 2 amide bonds. The van der Waals surface area contributed by atoms with E-state index < -0.39 is 5.97 Å². The number of hydrogen-bond acceptors (Lipinski definition) is 3. The average Bonchev–Trinajstić information content (AvgIpc) is 2.92. The third-order valence-electron chi connectivity index (χ3n) is 3.36. The molecule has 0 spiro atoms. The Labute approximate surface area is 111 Å². The number of nitrogens with one attached hydrogen (secondary N) is 1. The largest absolute Gasteiger partial charge is 0.481 e. The summed E-state index contributed by atoms with van der Waals surface area (Å²) in [4.78, 5) is 24.3. The maximum atomic E-state index is 11.8. The van der Waals surface area contributed by atoms with E-state index >= 15 is 0 Å². The van der Waals surface area contributed by atoms with Crippen molar-refractivity contribution in [2.75, 3.05) is 19.6 Å². The predicted molar refractivity (Wildman–Crippen MR) is 67.7 cm³/mol. The van der Waals surface area contributed by atoms with Gasteiger partial charge in [0.1, 0.15) is 5.76 Å². The lowest BCUT2D eigenvalue weighted by Gasteiger charge is -2.30. The van der Waals surface area contributed by atoms with Crippen LogP contribution < -0.4 is 5.32 Å². The molecule has 0 aliphatic carbocycles. The average molecular weight is 266 g/mol. The predicted octanol–water partition coefficient (Wildman–Crippen LogP) is 1.33. The number of rotatable bonds is 4. The van der Waals surface area contributed by atoms with Gasteiger partial charge in [0.2, 0.25) is 0 Å². The number of carboxylic acids is 1. The molecule has 6 nitrogen and oxygen atoms in total. The van der Waals surface area contributed by atoms with Crippen molar-refractivity contribution in [1.82, 2.24) is 10.2 Å². The first kappa shape index (κ1) is 13.5. The minimum atomic E-state index is -0.766. The Morgan fingerprint density at radius 1 is 1.42 bits per heavy atom. The minimum absolute atomic E-state index is 0.129. The van der Waals surface area contributed by atoms with E-state index in [0.29, 0.717) is 38.9 Å². The zero-order chi connectivity index (χ0) is 13.7. The number of hydrogen-bond donors (Lipinski definition) is 2. The van der Waals surface area contributed by atoms with Crippen LogP contribution in [0.2, 0.25) is 0 Å². The molecule has 2 rings (SSSR count). The molecule has 0 aromatic carbocycles. The highest BCUT2D eigenvalue weighted by Crippen LogP contribution is 2.17. The van der Waals surface area contributed by atoms with Gasteiger partial charge in [-0.2, -0.15) is 0 Å². The normalized spacial score (nSPS) is 16.3. The van der Waals surface area contributed by atoms with Crippen LogP contribution in [0.1, 0.15) is 18.6 Å². The molecule has 0 radical (unpaired) electrons. The minimum Gasteiger partial charge on any atom is -0.481 e. The molecule has 0 bridgehead atoms. The van der Waals surface area contributed by atoms with Gasteiger partial charge in [-0.3, -0.25) is 4.79 Å². The summed E-state index contributed by atoms with van der Waals surface area (Å²) in [6.07, 6.45) is 3.32. The number of piperidine rings is 1. The Kier molecular flexibility index (Phi) is 4.43. The highest BCUT2D eigenvalue weighted by atomic mass is 16.4. The summed E-state index contributed by atoms with van der Waals surface area (Å²) < 4.78 is 5.17. The third kappa shape index (κ3) is 3.74. The van der Waals surface area contributed by atoms with Crippen LogP contribution in [0.4, 0.5) is 4.79 Å². The van der Waals surface area contributed by atoms with Crippen molar-refractivity contribution in [3.63, 3.8) is 0 Å². The second-order valence-electron chi connectivity index (χ2n) is 4.66. The van der Waals surface area contributed by atoms with Gasteiger partial charge in [0, 0.05) is 26.1 Å². The first-order valence-corrected chi connectivity index (χ1v) is 6.45. The van der Waals surface area contributed by atoms with E-state index in [1.807, 2.05) is 12.1 Å². The zero-order valence-corrected chi connectivity index (χ0v) is 10.7. The molecular formula is C13H18N2O4. The van der Waals surface area contributed by atoms with Crippen LogP contribution in [0, 0.1) is 5.92 Å². The van der Waals surface area contributed by atoms with Crippen molar-refractivity contribution >= 4 is 12.0 Å². The van der Waals surface area contributed by atoms with Crippen molar-refractivity contribution in [3.8, 4) is 0 Å². The van der Waals surface area contributed by atoms with Crippen LogP contribution in [0.5, 0.6) is 0 Å². The van der Waals surface area contributed by atoms with Crippen molar-refractivity contribution in [2.45, 2.75) is 19.3 Å².